The Hall–Kier alpha value is -3.58. The van der Waals surface area contributed by atoms with E-state index in [1.165, 1.54) is 0 Å². The molecule has 4 rings (SSSR count). The van der Waals surface area contributed by atoms with Crippen molar-refractivity contribution < 1.29 is 23.8 Å². The highest BCUT2D eigenvalue weighted by molar-refractivity contribution is 7.13. The van der Waals surface area contributed by atoms with Crippen molar-refractivity contribution in [3.8, 4) is 22.3 Å². The van der Waals surface area contributed by atoms with Crippen molar-refractivity contribution in [2.75, 3.05) is 6.61 Å². The standard InChI is InChI=1S/C29H31NO5S/c1-3-4-17-29(28(31)32,35-24-9-6-5-7-10-24)20-22-12-14-23(15-13-22)33-18-16-25-21(2)34-27(30-25)26-11-8-19-36-26/h5-15,19H,3-4,16-18,20H2,1-2H3,(H,31,32). The Kier molecular flexibility index (Phi) is 8.44. The second-order valence-electron chi connectivity index (χ2n) is 8.74. The number of thiophene rings is 1. The van der Waals surface area contributed by atoms with E-state index in [0.29, 0.717) is 31.1 Å². The molecule has 4 aromatic rings. The van der Waals surface area contributed by atoms with Crippen molar-refractivity contribution in [1.29, 1.82) is 0 Å². The highest BCUT2D eigenvalue weighted by Gasteiger charge is 2.40. The third kappa shape index (κ3) is 6.34. The Labute approximate surface area is 215 Å². The number of aryl methyl sites for hydroxylation is 1. The first-order valence-corrected chi connectivity index (χ1v) is 13.1. The number of para-hydroxylation sites is 1. The van der Waals surface area contributed by atoms with Crippen LogP contribution in [0.5, 0.6) is 11.5 Å². The molecule has 0 saturated heterocycles. The molecule has 2 aromatic heterocycles. The molecular weight excluding hydrogens is 474 g/mol. The maximum Gasteiger partial charge on any atom is 0.348 e. The summed E-state index contributed by atoms with van der Waals surface area (Å²) in [4.78, 5) is 18.0. The van der Waals surface area contributed by atoms with Crippen molar-refractivity contribution in [1.82, 2.24) is 4.98 Å². The SMILES string of the molecule is CCCCC(Cc1ccc(OCCc2nc(-c3cccs3)oc2C)cc1)(Oc1ccccc1)C(=O)O. The molecule has 1 N–H and O–H groups in total. The fraction of sp³-hybridized carbons (Fsp3) is 0.310. The fourth-order valence-corrected chi connectivity index (χ4v) is 4.69. The van der Waals surface area contributed by atoms with Gasteiger partial charge in [0.15, 0.2) is 0 Å². The number of carboxylic acids is 1. The van der Waals surface area contributed by atoms with Crippen LogP contribution in [0.4, 0.5) is 0 Å². The van der Waals surface area contributed by atoms with Crippen LogP contribution in [0.2, 0.25) is 0 Å². The summed E-state index contributed by atoms with van der Waals surface area (Å²) in [5.74, 6) is 1.76. The summed E-state index contributed by atoms with van der Waals surface area (Å²) in [7, 11) is 0. The predicted octanol–water partition coefficient (Wildman–Crippen LogP) is 6.97. The van der Waals surface area contributed by atoms with Crippen LogP contribution in [0.25, 0.3) is 10.8 Å². The molecule has 188 valence electrons. The monoisotopic (exact) mass is 505 g/mol. The van der Waals surface area contributed by atoms with Gasteiger partial charge >= 0.3 is 5.97 Å². The minimum absolute atomic E-state index is 0.265. The van der Waals surface area contributed by atoms with Gasteiger partial charge in [0.1, 0.15) is 17.3 Å². The highest BCUT2D eigenvalue weighted by Crippen LogP contribution is 2.29. The lowest BCUT2D eigenvalue weighted by molar-refractivity contribution is -0.156. The second-order valence-corrected chi connectivity index (χ2v) is 9.68. The van der Waals surface area contributed by atoms with Crippen LogP contribution >= 0.6 is 11.3 Å². The van der Waals surface area contributed by atoms with Gasteiger partial charge in [-0.3, -0.25) is 0 Å². The van der Waals surface area contributed by atoms with E-state index in [2.05, 4.69) is 4.98 Å². The van der Waals surface area contributed by atoms with E-state index in [1.807, 2.05) is 73.8 Å². The molecule has 0 radical (unpaired) electrons. The van der Waals surface area contributed by atoms with Gasteiger partial charge in [0.25, 0.3) is 0 Å². The van der Waals surface area contributed by atoms with Crippen LogP contribution in [-0.4, -0.2) is 28.3 Å². The third-order valence-corrected chi connectivity index (χ3v) is 6.88. The van der Waals surface area contributed by atoms with Gasteiger partial charge in [0, 0.05) is 12.8 Å². The van der Waals surface area contributed by atoms with Crippen LogP contribution < -0.4 is 9.47 Å². The van der Waals surface area contributed by atoms with E-state index in [4.69, 9.17) is 13.9 Å². The quantitative estimate of drug-likeness (QED) is 0.211. The van der Waals surface area contributed by atoms with E-state index in [9.17, 15) is 9.90 Å². The van der Waals surface area contributed by atoms with Crippen molar-refractivity contribution in [3.05, 3.63) is 89.1 Å². The Morgan fingerprint density at radius 1 is 1.06 bits per heavy atom. The Balaban J connectivity index is 1.39. The molecule has 2 aromatic carbocycles. The van der Waals surface area contributed by atoms with Crippen molar-refractivity contribution in [2.45, 2.75) is 51.6 Å². The number of hydrogen-bond acceptors (Lipinski definition) is 6. The highest BCUT2D eigenvalue weighted by atomic mass is 32.1. The Morgan fingerprint density at radius 3 is 2.50 bits per heavy atom. The summed E-state index contributed by atoms with van der Waals surface area (Å²) in [6.07, 6.45) is 2.97. The van der Waals surface area contributed by atoms with E-state index < -0.39 is 11.6 Å². The number of ether oxygens (including phenoxy) is 2. The lowest BCUT2D eigenvalue weighted by atomic mass is 9.89. The van der Waals surface area contributed by atoms with E-state index in [-0.39, 0.29) is 6.42 Å². The maximum atomic E-state index is 12.4. The summed E-state index contributed by atoms with van der Waals surface area (Å²) in [5.41, 5.74) is 0.435. The molecule has 0 amide bonds. The van der Waals surface area contributed by atoms with E-state index in [0.717, 1.165) is 40.5 Å². The summed E-state index contributed by atoms with van der Waals surface area (Å²) in [5, 5.41) is 12.2. The van der Waals surface area contributed by atoms with Crippen molar-refractivity contribution in [2.24, 2.45) is 0 Å². The topological polar surface area (TPSA) is 81.8 Å². The molecule has 0 bridgehead atoms. The predicted molar refractivity (Wildman–Crippen MR) is 141 cm³/mol. The number of aliphatic carboxylic acids is 1. The van der Waals surface area contributed by atoms with Gasteiger partial charge in [-0.1, -0.05) is 49.7 Å². The number of nitrogens with zero attached hydrogens (tertiary/aromatic N) is 1. The number of rotatable bonds is 13. The molecule has 0 aliphatic carbocycles. The zero-order valence-corrected chi connectivity index (χ0v) is 21.4. The Bertz CT molecular complexity index is 1230. The molecule has 0 spiro atoms. The number of aromatic nitrogens is 1. The van der Waals surface area contributed by atoms with Gasteiger partial charge < -0.3 is 19.0 Å². The molecule has 0 fully saturated rings. The number of unbranched alkanes of at least 4 members (excludes halogenated alkanes) is 1. The molecule has 0 aliphatic heterocycles. The number of hydrogen-bond donors (Lipinski definition) is 1. The minimum Gasteiger partial charge on any atom is -0.493 e. The molecule has 1 unspecified atom stereocenters. The van der Waals surface area contributed by atoms with Crippen LogP contribution in [0.3, 0.4) is 0 Å². The first-order chi connectivity index (χ1) is 17.5. The summed E-state index contributed by atoms with van der Waals surface area (Å²) in [6.45, 7) is 4.42. The maximum absolute atomic E-state index is 12.4. The van der Waals surface area contributed by atoms with Gasteiger partial charge in [-0.2, -0.15) is 0 Å². The second kappa shape index (κ2) is 11.9. The van der Waals surface area contributed by atoms with Crippen LogP contribution in [0.1, 0.15) is 43.2 Å². The van der Waals surface area contributed by atoms with Crippen LogP contribution in [0, 0.1) is 6.92 Å². The minimum atomic E-state index is -1.33. The lowest BCUT2D eigenvalue weighted by Crippen LogP contribution is -2.46. The van der Waals surface area contributed by atoms with Gasteiger partial charge in [-0.15, -0.1) is 11.3 Å². The van der Waals surface area contributed by atoms with Crippen LogP contribution in [-0.2, 0) is 17.6 Å². The molecule has 0 aliphatic rings. The first-order valence-electron chi connectivity index (χ1n) is 12.2. The molecule has 6 nitrogen and oxygen atoms in total. The van der Waals surface area contributed by atoms with Gasteiger partial charge in [0.05, 0.1) is 17.2 Å². The largest absolute Gasteiger partial charge is 0.493 e. The molecular formula is C29H31NO5S. The third-order valence-electron chi connectivity index (χ3n) is 6.03. The molecule has 36 heavy (non-hydrogen) atoms. The number of benzene rings is 2. The molecule has 7 heteroatoms. The zero-order valence-electron chi connectivity index (χ0n) is 20.6. The van der Waals surface area contributed by atoms with Crippen LogP contribution in [0.15, 0.2) is 76.5 Å². The number of oxazole rings is 1. The molecule has 0 saturated carbocycles. The average molecular weight is 506 g/mol. The summed E-state index contributed by atoms with van der Waals surface area (Å²) in [6, 6.07) is 20.7. The molecule has 2 heterocycles. The Morgan fingerprint density at radius 2 is 1.83 bits per heavy atom. The smallest absolute Gasteiger partial charge is 0.348 e. The average Bonchev–Trinajstić information content (AvgIpc) is 3.54. The number of carboxylic acid groups (broad SMARTS) is 1. The van der Waals surface area contributed by atoms with Gasteiger partial charge in [-0.05, 0) is 61.0 Å². The fourth-order valence-electron chi connectivity index (χ4n) is 4.04. The lowest BCUT2D eigenvalue weighted by Gasteiger charge is -2.31. The first kappa shape index (κ1) is 25.5. The summed E-state index contributed by atoms with van der Waals surface area (Å²) < 4.78 is 17.8. The molecule has 1 atom stereocenters. The van der Waals surface area contributed by atoms with Gasteiger partial charge in [-0.25, -0.2) is 9.78 Å². The number of carbonyl (C=O) groups is 1. The van der Waals surface area contributed by atoms with E-state index >= 15 is 0 Å². The normalized spacial score (nSPS) is 12.7. The van der Waals surface area contributed by atoms with Gasteiger partial charge in [0.2, 0.25) is 11.5 Å². The van der Waals surface area contributed by atoms with E-state index in [1.54, 1.807) is 23.5 Å². The zero-order chi connectivity index (χ0) is 25.4. The summed E-state index contributed by atoms with van der Waals surface area (Å²) >= 11 is 1.60. The van der Waals surface area contributed by atoms with Crippen molar-refractivity contribution >= 4 is 17.3 Å². The van der Waals surface area contributed by atoms with Crippen molar-refractivity contribution in [3.63, 3.8) is 0 Å².